The van der Waals surface area contributed by atoms with Crippen LogP contribution in [0.2, 0.25) is 0 Å². The van der Waals surface area contributed by atoms with Crippen molar-refractivity contribution >= 4 is 0 Å². The minimum Gasteiger partial charge on any atom is -0.481 e. The summed E-state index contributed by atoms with van der Waals surface area (Å²) < 4.78 is 7.18. The van der Waals surface area contributed by atoms with Gasteiger partial charge in [0.25, 0.3) is 0 Å². The van der Waals surface area contributed by atoms with Crippen LogP contribution in [0.5, 0.6) is 5.88 Å². The Bertz CT molecular complexity index is 481. The fourth-order valence-electron chi connectivity index (χ4n) is 1.62. The van der Waals surface area contributed by atoms with Crippen LogP contribution in [-0.4, -0.2) is 21.6 Å². The average molecular weight is 232 g/mol. The van der Waals surface area contributed by atoms with Crippen LogP contribution >= 0.6 is 0 Å². The Kier molecular flexibility index (Phi) is 3.72. The van der Waals surface area contributed by atoms with Crippen LogP contribution in [0, 0.1) is 0 Å². The lowest BCUT2D eigenvalue weighted by Crippen LogP contribution is -2.16. The number of imidazole rings is 1. The molecule has 0 radical (unpaired) electrons. The number of pyridine rings is 1. The van der Waals surface area contributed by atoms with Gasteiger partial charge in [0.05, 0.1) is 13.7 Å². The maximum absolute atomic E-state index is 5.18. The summed E-state index contributed by atoms with van der Waals surface area (Å²) in [6, 6.07) is 3.90. The molecule has 17 heavy (non-hydrogen) atoms. The molecule has 2 heterocycles. The number of nitrogens with one attached hydrogen (secondary N) is 1. The van der Waals surface area contributed by atoms with E-state index in [0.29, 0.717) is 12.4 Å². The van der Waals surface area contributed by atoms with Gasteiger partial charge in [0.15, 0.2) is 0 Å². The molecule has 0 aliphatic heterocycles. The first kappa shape index (κ1) is 11.6. The number of ether oxygens (including phenoxy) is 1. The maximum Gasteiger partial charge on any atom is 0.217 e. The smallest absolute Gasteiger partial charge is 0.217 e. The van der Waals surface area contributed by atoms with E-state index in [1.54, 1.807) is 19.5 Å². The van der Waals surface area contributed by atoms with Gasteiger partial charge in [0.2, 0.25) is 5.88 Å². The molecule has 0 aromatic carbocycles. The summed E-state index contributed by atoms with van der Waals surface area (Å²) in [6.07, 6.45) is 5.45. The minimum absolute atomic E-state index is 0.667. The molecular weight excluding hydrogens is 216 g/mol. The Hall–Kier alpha value is -1.88. The van der Waals surface area contributed by atoms with E-state index < -0.39 is 0 Å². The normalized spacial score (nSPS) is 10.5. The topological polar surface area (TPSA) is 52.0 Å². The van der Waals surface area contributed by atoms with E-state index in [4.69, 9.17) is 4.74 Å². The molecule has 0 saturated heterocycles. The molecule has 0 amide bonds. The van der Waals surface area contributed by atoms with E-state index in [0.717, 1.165) is 17.9 Å². The zero-order valence-electron chi connectivity index (χ0n) is 10.1. The molecule has 0 atom stereocenters. The molecule has 5 nitrogen and oxygen atoms in total. The molecule has 2 rings (SSSR count). The number of hydrogen-bond donors (Lipinski definition) is 1. The number of aryl methyl sites for hydroxylation is 1. The molecule has 0 spiro atoms. The summed E-state index contributed by atoms with van der Waals surface area (Å²) in [5, 5.41) is 3.32. The Morgan fingerprint density at radius 2 is 2.18 bits per heavy atom. The van der Waals surface area contributed by atoms with Gasteiger partial charge in [-0.3, -0.25) is 0 Å². The van der Waals surface area contributed by atoms with E-state index in [-0.39, 0.29) is 0 Å². The lowest BCUT2D eigenvalue weighted by molar-refractivity contribution is 0.390. The maximum atomic E-state index is 5.18. The predicted octanol–water partition coefficient (Wildman–Crippen LogP) is 1.11. The molecule has 0 unspecified atom stereocenters. The molecular formula is C12H16N4O. The van der Waals surface area contributed by atoms with Crippen molar-refractivity contribution < 1.29 is 4.74 Å². The van der Waals surface area contributed by atoms with Crippen LogP contribution in [0.1, 0.15) is 11.4 Å². The molecule has 0 aliphatic rings. The molecule has 0 bridgehead atoms. The van der Waals surface area contributed by atoms with Gasteiger partial charge in [-0.05, 0) is 6.07 Å². The van der Waals surface area contributed by atoms with Crippen molar-refractivity contribution in [1.29, 1.82) is 0 Å². The van der Waals surface area contributed by atoms with Crippen LogP contribution < -0.4 is 10.1 Å². The quantitative estimate of drug-likeness (QED) is 0.839. The molecule has 2 aromatic heterocycles. The van der Waals surface area contributed by atoms with Crippen molar-refractivity contribution in [3.63, 3.8) is 0 Å². The number of aromatic nitrogens is 3. The average Bonchev–Trinajstić information content (AvgIpc) is 2.76. The third-order valence-electron chi connectivity index (χ3n) is 2.56. The van der Waals surface area contributed by atoms with Crippen LogP contribution in [0.4, 0.5) is 0 Å². The van der Waals surface area contributed by atoms with Gasteiger partial charge < -0.3 is 14.6 Å². The van der Waals surface area contributed by atoms with Gasteiger partial charge in [-0.2, -0.15) is 0 Å². The van der Waals surface area contributed by atoms with Crippen molar-refractivity contribution in [2.24, 2.45) is 7.05 Å². The highest BCUT2D eigenvalue weighted by atomic mass is 16.5. The highest BCUT2D eigenvalue weighted by molar-refractivity contribution is 5.24. The third kappa shape index (κ3) is 2.82. The second kappa shape index (κ2) is 5.45. The van der Waals surface area contributed by atoms with Crippen LogP contribution in [0.3, 0.4) is 0 Å². The van der Waals surface area contributed by atoms with E-state index in [9.17, 15) is 0 Å². The van der Waals surface area contributed by atoms with E-state index in [2.05, 4.69) is 15.3 Å². The Morgan fingerprint density at radius 1 is 1.29 bits per heavy atom. The van der Waals surface area contributed by atoms with Gasteiger partial charge in [-0.1, -0.05) is 6.07 Å². The highest BCUT2D eigenvalue weighted by Gasteiger charge is 2.03. The number of nitrogens with zero attached hydrogens (tertiary/aromatic N) is 3. The first-order chi connectivity index (χ1) is 8.31. The van der Waals surface area contributed by atoms with Crippen LogP contribution in [-0.2, 0) is 20.1 Å². The summed E-state index contributed by atoms with van der Waals surface area (Å²) >= 11 is 0. The molecule has 2 aromatic rings. The zero-order valence-corrected chi connectivity index (χ0v) is 10.1. The SMILES string of the molecule is COc1ncccc1CNCc1nccn1C. The van der Waals surface area contributed by atoms with E-state index >= 15 is 0 Å². The standard InChI is InChI=1S/C12H16N4O/c1-16-7-6-14-11(16)9-13-8-10-4-3-5-15-12(10)17-2/h3-7,13H,8-9H2,1-2H3. The lowest BCUT2D eigenvalue weighted by atomic mass is 10.2. The van der Waals surface area contributed by atoms with Gasteiger partial charge in [0.1, 0.15) is 5.82 Å². The van der Waals surface area contributed by atoms with Gasteiger partial charge in [-0.15, -0.1) is 0 Å². The fraction of sp³-hybridized carbons (Fsp3) is 0.333. The third-order valence-corrected chi connectivity index (χ3v) is 2.56. The van der Waals surface area contributed by atoms with Crippen molar-refractivity contribution in [2.75, 3.05) is 7.11 Å². The van der Waals surface area contributed by atoms with Crippen molar-refractivity contribution in [2.45, 2.75) is 13.1 Å². The summed E-state index contributed by atoms with van der Waals surface area (Å²) in [6.45, 7) is 1.44. The van der Waals surface area contributed by atoms with Crippen molar-refractivity contribution in [3.8, 4) is 5.88 Å². The number of hydrogen-bond acceptors (Lipinski definition) is 4. The highest BCUT2D eigenvalue weighted by Crippen LogP contribution is 2.12. The lowest BCUT2D eigenvalue weighted by Gasteiger charge is -2.08. The van der Waals surface area contributed by atoms with E-state index in [1.165, 1.54) is 0 Å². The monoisotopic (exact) mass is 232 g/mol. The summed E-state index contributed by atoms with van der Waals surface area (Å²) in [5.41, 5.74) is 1.05. The largest absolute Gasteiger partial charge is 0.481 e. The molecule has 5 heteroatoms. The molecule has 1 N–H and O–H groups in total. The second-order valence-electron chi connectivity index (χ2n) is 3.73. The summed E-state index contributed by atoms with van der Waals surface area (Å²) in [4.78, 5) is 8.39. The number of rotatable bonds is 5. The molecule has 0 saturated carbocycles. The Morgan fingerprint density at radius 3 is 2.88 bits per heavy atom. The molecule has 0 aliphatic carbocycles. The Labute approximate surface area is 100 Å². The van der Waals surface area contributed by atoms with Crippen molar-refractivity contribution in [1.82, 2.24) is 19.9 Å². The van der Waals surface area contributed by atoms with Gasteiger partial charge >= 0.3 is 0 Å². The summed E-state index contributed by atoms with van der Waals surface area (Å²) in [5.74, 6) is 1.67. The first-order valence-electron chi connectivity index (χ1n) is 5.46. The summed E-state index contributed by atoms with van der Waals surface area (Å²) in [7, 11) is 3.61. The predicted molar refractivity (Wildman–Crippen MR) is 64.5 cm³/mol. The van der Waals surface area contributed by atoms with Crippen LogP contribution in [0.25, 0.3) is 0 Å². The molecule has 0 fully saturated rings. The minimum atomic E-state index is 0.667. The van der Waals surface area contributed by atoms with Crippen molar-refractivity contribution in [3.05, 3.63) is 42.1 Å². The fourth-order valence-corrected chi connectivity index (χ4v) is 1.62. The van der Waals surface area contributed by atoms with Gasteiger partial charge in [-0.25, -0.2) is 9.97 Å². The second-order valence-corrected chi connectivity index (χ2v) is 3.73. The Balaban J connectivity index is 1.92. The van der Waals surface area contributed by atoms with Crippen LogP contribution in [0.15, 0.2) is 30.7 Å². The first-order valence-corrected chi connectivity index (χ1v) is 5.46. The zero-order chi connectivity index (χ0) is 12.1. The molecule has 90 valence electrons. The van der Waals surface area contributed by atoms with Gasteiger partial charge in [0, 0.05) is 37.7 Å². The number of methoxy groups -OCH3 is 1. The van der Waals surface area contributed by atoms with E-state index in [1.807, 2.05) is 29.9 Å².